The minimum Gasteiger partial charge on any atom is -0.397 e. The molecule has 0 heterocycles. The summed E-state index contributed by atoms with van der Waals surface area (Å²) in [7, 11) is -2.05. The smallest absolute Gasteiger partial charge is 0.240 e. The Hall–Kier alpha value is -1.27. The van der Waals surface area contributed by atoms with E-state index < -0.39 is 10.0 Å². The van der Waals surface area contributed by atoms with Crippen molar-refractivity contribution in [2.75, 3.05) is 24.6 Å². The van der Waals surface area contributed by atoms with Crippen molar-refractivity contribution in [3.05, 3.63) is 18.2 Å². The zero-order valence-corrected chi connectivity index (χ0v) is 13.0. The molecule has 0 aliphatic heterocycles. The van der Waals surface area contributed by atoms with Crippen LogP contribution in [0.15, 0.2) is 23.1 Å². The largest absolute Gasteiger partial charge is 0.397 e. The summed E-state index contributed by atoms with van der Waals surface area (Å²) in [6.07, 6.45) is 2.48. The molecule has 0 atom stereocenters. The maximum atomic E-state index is 11.7. The van der Waals surface area contributed by atoms with Gasteiger partial charge in [-0.2, -0.15) is 0 Å². The van der Waals surface area contributed by atoms with Gasteiger partial charge in [0.1, 0.15) is 0 Å². The zero-order valence-electron chi connectivity index (χ0n) is 12.2. The summed E-state index contributed by atoms with van der Waals surface area (Å²) in [6, 6.07) is 4.79. The van der Waals surface area contributed by atoms with Crippen LogP contribution in [0.4, 0.5) is 11.4 Å². The summed E-state index contributed by atoms with van der Waals surface area (Å²) < 4.78 is 25.7. The summed E-state index contributed by atoms with van der Waals surface area (Å²) >= 11 is 0. The van der Waals surface area contributed by atoms with Crippen LogP contribution in [0.3, 0.4) is 0 Å². The molecule has 1 saturated carbocycles. The maximum Gasteiger partial charge on any atom is 0.240 e. The fourth-order valence-corrected chi connectivity index (χ4v) is 3.14. The fourth-order valence-electron chi connectivity index (χ4n) is 2.38. The first-order chi connectivity index (χ1) is 9.31. The summed E-state index contributed by atoms with van der Waals surface area (Å²) in [6.45, 7) is 5.36. The van der Waals surface area contributed by atoms with Crippen molar-refractivity contribution in [3.8, 4) is 0 Å². The number of nitrogens with two attached hydrogens (primary N) is 1. The molecular weight excluding hydrogens is 274 g/mol. The standard InChI is InChI=1S/C14H23N3O2S/c1-10(2)14(6-7-14)9-17-13-5-4-11(8-12(13)15)20(18,19)16-3/h4-5,8,10,16-17H,6-7,9,15H2,1-3H3. The average Bonchev–Trinajstić information content (AvgIpc) is 3.18. The third kappa shape index (κ3) is 2.91. The summed E-state index contributed by atoms with van der Waals surface area (Å²) in [5.74, 6) is 0.639. The molecule has 1 aliphatic rings. The van der Waals surface area contributed by atoms with Crippen LogP contribution in [0, 0.1) is 11.3 Å². The summed E-state index contributed by atoms with van der Waals surface area (Å²) in [5.41, 5.74) is 7.58. The van der Waals surface area contributed by atoms with Crippen LogP contribution in [0.5, 0.6) is 0 Å². The summed E-state index contributed by atoms with van der Waals surface area (Å²) in [4.78, 5) is 0.188. The fraction of sp³-hybridized carbons (Fsp3) is 0.571. The minimum absolute atomic E-state index is 0.188. The van der Waals surface area contributed by atoms with Gasteiger partial charge in [0, 0.05) is 6.54 Å². The Morgan fingerprint density at radius 2 is 2.00 bits per heavy atom. The molecule has 0 bridgehead atoms. The maximum absolute atomic E-state index is 11.7. The molecule has 0 saturated heterocycles. The molecule has 5 nitrogen and oxygen atoms in total. The molecule has 112 valence electrons. The lowest BCUT2D eigenvalue weighted by molar-refractivity contribution is 0.380. The second-order valence-corrected chi connectivity index (χ2v) is 7.71. The van der Waals surface area contributed by atoms with Crippen LogP contribution in [0.1, 0.15) is 26.7 Å². The van der Waals surface area contributed by atoms with Gasteiger partial charge in [0.2, 0.25) is 10.0 Å². The van der Waals surface area contributed by atoms with E-state index in [1.807, 2.05) is 0 Å². The highest BCUT2D eigenvalue weighted by atomic mass is 32.2. The highest BCUT2D eigenvalue weighted by Crippen LogP contribution is 2.51. The van der Waals surface area contributed by atoms with Crippen molar-refractivity contribution < 1.29 is 8.42 Å². The van der Waals surface area contributed by atoms with E-state index in [-0.39, 0.29) is 4.90 Å². The first kappa shape index (κ1) is 15.1. The van der Waals surface area contributed by atoms with Crippen LogP contribution in [-0.4, -0.2) is 22.0 Å². The quantitative estimate of drug-likeness (QED) is 0.701. The molecule has 1 aliphatic carbocycles. The second kappa shape index (κ2) is 5.26. The van der Waals surface area contributed by atoms with Crippen molar-refractivity contribution in [2.24, 2.45) is 11.3 Å². The molecule has 0 amide bonds. The van der Waals surface area contributed by atoms with Crippen LogP contribution in [-0.2, 0) is 10.0 Å². The highest BCUT2D eigenvalue weighted by Gasteiger charge is 2.44. The number of sulfonamides is 1. The zero-order chi connectivity index (χ0) is 15.0. The predicted octanol–water partition coefficient (Wildman–Crippen LogP) is 2.02. The van der Waals surface area contributed by atoms with Gasteiger partial charge in [-0.1, -0.05) is 13.8 Å². The van der Waals surface area contributed by atoms with E-state index in [1.165, 1.54) is 26.0 Å². The number of nitrogens with one attached hydrogen (secondary N) is 2. The Morgan fingerprint density at radius 3 is 2.45 bits per heavy atom. The summed E-state index contributed by atoms with van der Waals surface area (Å²) in [5, 5.41) is 3.35. The third-order valence-corrected chi connectivity index (χ3v) is 5.76. The molecule has 2 rings (SSSR count). The van der Waals surface area contributed by atoms with Crippen LogP contribution >= 0.6 is 0 Å². The lowest BCUT2D eigenvalue weighted by atomic mass is 9.92. The molecular formula is C14H23N3O2S. The Kier molecular flexibility index (Phi) is 3.97. The van der Waals surface area contributed by atoms with Gasteiger partial charge in [0.15, 0.2) is 0 Å². The SMILES string of the molecule is CNS(=O)(=O)c1ccc(NCC2(C(C)C)CC2)c(N)c1. The van der Waals surface area contributed by atoms with Crippen LogP contribution in [0.25, 0.3) is 0 Å². The lowest BCUT2D eigenvalue weighted by Crippen LogP contribution is -2.22. The second-order valence-electron chi connectivity index (χ2n) is 5.83. The van der Waals surface area contributed by atoms with Crippen LogP contribution < -0.4 is 15.8 Å². The van der Waals surface area contributed by atoms with E-state index in [0.717, 1.165) is 12.2 Å². The van der Waals surface area contributed by atoms with E-state index in [9.17, 15) is 8.42 Å². The van der Waals surface area contributed by atoms with E-state index >= 15 is 0 Å². The molecule has 20 heavy (non-hydrogen) atoms. The molecule has 1 aromatic carbocycles. The van der Waals surface area contributed by atoms with Gasteiger partial charge < -0.3 is 11.1 Å². The molecule has 0 radical (unpaired) electrons. The minimum atomic E-state index is -3.44. The Morgan fingerprint density at radius 1 is 1.35 bits per heavy atom. The van der Waals surface area contributed by atoms with E-state index in [0.29, 0.717) is 17.0 Å². The molecule has 0 unspecified atom stereocenters. The van der Waals surface area contributed by atoms with Gasteiger partial charge in [0.05, 0.1) is 16.3 Å². The van der Waals surface area contributed by atoms with Crippen molar-refractivity contribution in [1.29, 1.82) is 0 Å². The Balaban J connectivity index is 2.11. The van der Waals surface area contributed by atoms with Crippen molar-refractivity contribution in [1.82, 2.24) is 4.72 Å². The lowest BCUT2D eigenvalue weighted by Gasteiger charge is -2.21. The highest BCUT2D eigenvalue weighted by molar-refractivity contribution is 7.89. The topological polar surface area (TPSA) is 84.2 Å². The van der Waals surface area contributed by atoms with Gasteiger partial charge in [0.25, 0.3) is 0 Å². The third-order valence-electron chi connectivity index (χ3n) is 4.35. The van der Waals surface area contributed by atoms with Crippen LogP contribution in [0.2, 0.25) is 0 Å². The monoisotopic (exact) mass is 297 g/mol. The predicted molar refractivity (Wildman–Crippen MR) is 82.1 cm³/mol. The normalized spacial score (nSPS) is 17.2. The molecule has 0 aromatic heterocycles. The number of rotatable bonds is 6. The number of nitrogen functional groups attached to an aromatic ring is 1. The van der Waals surface area contributed by atoms with E-state index in [4.69, 9.17) is 5.73 Å². The van der Waals surface area contributed by atoms with Gasteiger partial charge in [-0.3, -0.25) is 0 Å². The molecule has 0 spiro atoms. The number of hydrogen-bond acceptors (Lipinski definition) is 4. The molecule has 6 heteroatoms. The van der Waals surface area contributed by atoms with Gasteiger partial charge in [-0.15, -0.1) is 0 Å². The molecule has 1 aromatic rings. The average molecular weight is 297 g/mol. The van der Waals surface area contributed by atoms with Gasteiger partial charge in [-0.05, 0) is 49.4 Å². The van der Waals surface area contributed by atoms with Gasteiger partial charge in [-0.25, -0.2) is 13.1 Å². The van der Waals surface area contributed by atoms with E-state index in [1.54, 1.807) is 12.1 Å². The molecule has 4 N–H and O–H groups in total. The first-order valence-corrected chi connectivity index (χ1v) is 8.36. The Labute approximate surface area is 121 Å². The molecule has 1 fully saturated rings. The van der Waals surface area contributed by atoms with E-state index in [2.05, 4.69) is 23.9 Å². The first-order valence-electron chi connectivity index (χ1n) is 6.88. The van der Waals surface area contributed by atoms with Gasteiger partial charge >= 0.3 is 0 Å². The number of hydrogen-bond donors (Lipinski definition) is 3. The van der Waals surface area contributed by atoms with Crippen molar-refractivity contribution in [2.45, 2.75) is 31.6 Å². The Bertz CT molecular complexity index is 592. The number of anilines is 2. The van der Waals surface area contributed by atoms with Crippen molar-refractivity contribution in [3.63, 3.8) is 0 Å². The number of benzene rings is 1. The van der Waals surface area contributed by atoms with Crippen molar-refractivity contribution >= 4 is 21.4 Å².